The van der Waals surface area contributed by atoms with Crippen molar-refractivity contribution in [3.05, 3.63) is 25.3 Å². The fraction of sp³-hybridized carbons (Fsp3) is 0.143. The molecule has 60 valence electrons. The Hall–Kier alpha value is -1.26. The third-order valence-corrected chi connectivity index (χ3v) is 1.19. The Labute approximate surface area is 64.6 Å². The van der Waals surface area contributed by atoms with E-state index >= 15 is 0 Å². The van der Waals surface area contributed by atoms with Crippen LogP contribution >= 0.6 is 0 Å². The molecule has 0 amide bonds. The second-order valence-corrected chi connectivity index (χ2v) is 2.01. The molecule has 0 unspecified atom stereocenters. The SMILES string of the molecule is C=CC(=O)C(N)(N)C(=O)C=C. The molecule has 0 aromatic rings. The van der Waals surface area contributed by atoms with Gasteiger partial charge in [-0.3, -0.25) is 9.59 Å². The van der Waals surface area contributed by atoms with E-state index in [1.54, 1.807) is 0 Å². The molecule has 0 aliphatic carbocycles. The second kappa shape index (κ2) is 3.23. The van der Waals surface area contributed by atoms with Gasteiger partial charge in [-0.2, -0.15) is 0 Å². The van der Waals surface area contributed by atoms with Crippen molar-refractivity contribution in [2.45, 2.75) is 5.66 Å². The second-order valence-electron chi connectivity index (χ2n) is 2.01. The normalized spacial score (nSPS) is 10.4. The van der Waals surface area contributed by atoms with E-state index in [1.165, 1.54) is 0 Å². The van der Waals surface area contributed by atoms with E-state index in [0.717, 1.165) is 12.2 Å². The molecule has 0 saturated carbocycles. The Kier molecular flexibility index (Phi) is 2.86. The Bertz CT molecular complexity index is 196. The Morgan fingerprint density at radius 1 is 1.09 bits per heavy atom. The molecule has 4 heteroatoms. The molecule has 0 atom stereocenters. The molecular formula is C7H10N2O2. The molecule has 0 saturated heterocycles. The highest BCUT2D eigenvalue weighted by Crippen LogP contribution is 1.96. The smallest absolute Gasteiger partial charge is 0.197 e. The van der Waals surface area contributed by atoms with Crippen molar-refractivity contribution >= 4 is 11.6 Å². The molecular weight excluding hydrogens is 144 g/mol. The van der Waals surface area contributed by atoms with E-state index in [9.17, 15) is 9.59 Å². The zero-order valence-corrected chi connectivity index (χ0v) is 6.04. The quantitative estimate of drug-likeness (QED) is 0.312. The van der Waals surface area contributed by atoms with E-state index < -0.39 is 17.2 Å². The molecule has 4 N–H and O–H groups in total. The number of hydrogen-bond acceptors (Lipinski definition) is 4. The van der Waals surface area contributed by atoms with Crippen molar-refractivity contribution in [3.8, 4) is 0 Å². The van der Waals surface area contributed by atoms with Gasteiger partial charge >= 0.3 is 0 Å². The Morgan fingerprint density at radius 2 is 1.36 bits per heavy atom. The number of carbonyl (C=O) groups excluding carboxylic acids is 2. The average Bonchev–Trinajstić information content (AvgIpc) is 2.01. The number of hydrogen-bond donors (Lipinski definition) is 2. The summed E-state index contributed by atoms with van der Waals surface area (Å²) in [7, 11) is 0. The minimum absolute atomic E-state index is 0.720. The van der Waals surface area contributed by atoms with Gasteiger partial charge in [0.05, 0.1) is 0 Å². The van der Waals surface area contributed by atoms with Crippen LogP contribution in [0.4, 0.5) is 0 Å². The maximum Gasteiger partial charge on any atom is 0.197 e. The van der Waals surface area contributed by atoms with Crippen molar-refractivity contribution in [2.75, 3.05) is 0 Å². The van der Waals surface area contributed by atoms with Crippen LogP contribution in [0.3, 0.4) is 0 Å². The van der Waals surface area contributed by atoms with Gasteiger partial charge in [-0.05, 0) is 12.2 Å². The highest BCUT2D eigenvalue weighted by atomic mass is 16.2. The highest BCUT2D eigenvalue weighted by Gasteiger charge is 2.33. The van der Waals surface area contributed by atoms with Crippen LogP contribution in [0.25, 0.3) is 0 Å². The molecule has 0 aromatic carbocycles. The van der Waals surface area contributed by atoms with Gasteiger partial charge in [0, 0.05) is 0 Å². The molecule has 0 aliphatic rings. The summed E-state index contributed by atoms with van der Waals surface area (Å²) in [6, 6.07) is 0. The molecule has 0 spiro atoms. The zero-order chi connectivity index (χ0) is 9.07. The summed E-state index contributed by atoms with van der Waals surface area (Å²) in [6.45, 7) is 6.30. The molecule has 0 fully saturated rings. The van der Waals surface area contributed by atoms with Gasteiger partial charge in [-0.15, -0.1) is 0 Å². The first-order chi connectivity index (χ1) is 4.96. The van der Waals surface area contributed by atoms with Gasteiger partial charge in [0.1, 0.15) is 0 Å². The Balaban J connectivity index is 4.70. The predicted molar refractivity (Wildman–Crippen MR) is 41.5 cm³/mol. The lowest BCUT2D eigenvalue weighted by Gasteiger charge is -2.16. The predicted octanol–water partition coefficient (Wildman–Crippen LogP) is -0.890. The first kappa shape index (κ1) is 9.74. The van der Waals surface area contributed by atoms with Crippen LogP contribution in [-0.4, -0.2) is 17.2 Å². The number of rotatable bonds is 4. The van der Waals surface area contributed by atoms with E-state index in [0.29, 0.717) is 0 Å². The fourth-order valence-electron chi connectivity index (χ4n) is 0.459. The number of ketones is 2. The molecule has 0 rings (SSSR count). The van der Waals surface area contributed by atoms with Crippen molar-refractivity contribution in [1.29, 1.82) is 0 Å². The van der Waals surface area contributed by atoms with Crippen LogP contribution in [0.2, 0.25) is 0 Å². The minimum atomic E-state index is -2.00. The van der Waals surface area contributed by atoms with Crippen LogP contribution in [-0.2, 0) is 9.59 Å². The molecule has 11 heavy (non-hydrogen) atoms. The lowest BCUT2D eigenvalue weighted by Crippen LogP contribution is -2.61. The van der Waals surface area contributed by atoms with Crippen molar-refractivity contribution in [2.24, 2.45) is 11.5 Å². The summed E-state index contributed by atoms with van der Waals surface area (Å²) in [6.07, 6.45) is 1.81. The molecule has 0 bridgehead atoms. The lowest BCUT2D eigenvalue weighted by molar-refractivity contribution is -0.129. The standard InChI is InChI=1S/C7H10N2O2/c1-3-5(10)7(8,9)6(11)4-2/h3-4H,1-2,8-9H2. The van der Waals surface area contributed by atoms with Crippen molar-refractivity contribution < 1.29 is 9.59 Å². The Morgan fingerprint density at radius 3 is 1.55 bits per heavy atom. The average molecular weight is 154 g/mol. The zero-order valence-electron chi connectivity index (χ0n) is 6.04. The number of carbonyl (C=O) groups is 2. The third kappa shape index (κ3) is 1.83. The van der Waals surface area contributed by atoms with Crippen LogP contribution in [0.15, 0.2) is 25.3 Å². The molecule has 0 heterocycles. The van der Waals surface area contributed by atoms with E-state index in [2.05, 4.69) is 13.2 Å². The van der Waals surface area contributed by atoms with E-state index in [1.807, 2.05) is 0 Å². The maximum absolute atomic E-state index is 10.8. The summed E-state index contributed by atoms with van der Waals surface area (Å²) in [5.41, 5.74) is 8.33. The highest BCUT2D eigenvalue weighted by molar-refractivity contribution is 6.18. The summed E-state index contributed by atoms with van der Waals surface area (Å²) < 4.78 is 0. The van der Waals surface area contributed by atoms with Crippen LogP contribution < -0.4 is 11.5 Å². The molecule has 4 nitrogen and oxygen atoms in total. The van der Waals surface area contributed by atoms with E-state index in [4.69, 9.17) is 11.5 Å². The monoisotopic (exact) mass is 154 g/mol. The topological polar surface area (TPSA) is 86.2 Å². The van der Waals surface area contributed by atoms with Crippen LogP contribution in [0, 0.1) is 0 Å². The van der Waals surface area contributed by atoms with E-state index in [-0.39, 0.29) is 0 Å². The van der Waals surface area contributed by atoms with Gasteiger partial charge in [0.2, 0.25) is 0 Å². The molecule has 0 radical (unpaired) electrons. The van der Waals surface area contributed by atoms with Gasteiger partial charge in [-0.25, -0.2) is 0 Å². The summed E-state index contributed by atoms with van der Waals surface area (Å²) in [5.74, 6) is -1.44. The molecule has 0 aromatic heterocycles. The summed E-state index contributed by atoms with van der Waals surface area (Å²) >= 11 is 0. The summed E-state index contributed by atoms with van der Waals surface area (Å²) in [4.78, 5) is 21.6. The first-order valence-electron chi connectivity index (χ1n) is 2.88. The fourth-order valence-corrected chi connectivity index (χ4v) is 0.459. The van der Waals surface area contributed by atoms with Crippen molar-refractivity contribution in [1.82, 2.24) is 0 Å². The first-order valence-corrected chi connectivity index (χ1v) is 2.88. The third-order valence-electron chi connectivity index (χ3n) is 1.19. The van der Waals surface area contributed by atoms with Crippen LogP contribution in [0.5, 0.6) is 0 Å². The summed E-state index contributed by atoms with van der Waals surface area (Å²) in [5, 5.41) is 0. The largest absolute Gasteiger partial charge is 0.300 e. The number of nitrogens with two attached hydrogens (primary N) is 2. The van der Waals surface area contributed by atoms with Gasteiger partial charge in [-0.1, -0.05) is 13.2 Å². The van der Waals surface area contributed by atoms with Gasteiger partial charge in [0.15, 0.2) is 17.2 Å². The van der Waals surface area contributed by atoms with Gasteiger partial charge in [0.25, 0.3) is 0 Å². The van der Waals surface area contributed by atoms with Crippen LogP contribution in [0.1, 0.15) is 0 Å². The minimum Gasteiger partial charge on any atom is -0.300 e. The van der Waals surface area contributed by atoms with Gasteiger partial charge < -0.3 is 11.5 Å². The maximum atomic E-state index is 10.8. The van der Waals surface area contributed by atoms with Crippen molar-refractivity contribution in [3.63, 3.8) is 0 Å². The molecule has 0 aliphatic heterocycles. The lowest BCUT2D eigenvalue weighted by atomic mass is 10.0.